The Bertz CT molecular complexity index is 565. The second-order valence-electron chi connectivity index (χ2n) is 6.10. The minimum Gasteiger partial charge on any atom is -0.337 e. The number of nitrogens with zero attached hydrogens (tertiary/aromatic N) is 2. The van der Waals surface area contributed by atoms with Gasteiger partial charge in [-0.15, -0.1) is 0 Å². The molecule has 20 heavy (non-hydrogen) atoms. The molecule has 106 valence electrons. The van der Waals surface area contributed by atoms with Crippen LogP contribution in [0.4, 0.5) is 0 Å². The number of aromatic amines is 1. The first-order chi connectivity index (χ1) is 9.38. The number of carbonyl (C=O) groups is 1. The van der Waals surface area contributed by atoms with Crippen LogP contribution in [-0.2, 0) is 12.0 Å². The molecule has 0 radical (unpaired) electrons. The number of rotatable bonds is 3. The summed E-state index contributed by atoms with van der Waals surface area (Å²) in [6.45, 7) is 7.16. The van der Waals surface area contributed by atoms with Crippen LogP contribution in [0.25, 0.3) is 0 Å². The summed E-state index contributed by atoms with van der Waals surface area (Å²) in [5.74, 6) is -0.0290. The largest absolute Gasteiger partial charge is 0.337 e. The molecule has 4 nitrogen and oxygen atoms in total. The monoisotopic (exact) mass is 271 g/mol. The van der Waals surface area contributed by atoms with Gasteiger partial charge in [-0.1, -0.05) is 45.0 Å². The fourth-order valence-corrected chi connectivity index (χ4v) is 2.04. The minimum atomic E-state index is -0.0290. The van der Waals surface area contributed by atoms with E-state index in [1.165, 1.54) is 5.56 Å². The summed E-state index contributed by atoms with van der Waals surface area (Å²) >= 11 is 0. The molecule has 0 saturated heterocycles. The summed E-state index contributed by atoms with van der Waals surface area (Å²) in [6.07, 6.45) is 3.16. The number of aromatic nitrogens is 2. The summed E-state index contributed by atoms with van der Waals surface area (Å²) in [5, 5.41) is 6.45. The molecule has 0 spiro atoms. The molecule has 0 aliphatic carbocycles. The molecule has 1 heterocycles. The molecular weight excluding hydrogens is 250 g/mol. The maximum absolute atomic E-state index is 12.1. The first-order valence-electron chi connectivity index (χ1n) is 6.71. The second-order valence-corrected chi connectivity index (χ2v) is 6.10. The van der Waals surface area contributed by atoms with Gasteiger partial charge in [0.2, 0.25) is 0 Å². The third kappa shape index (κ3) is 3.26. The Kier molecular flexibility index (Phi) is 3.93. The molecule has 1 N–H and O–H groups in total. The third-order valence-corrected chi connectivity index (χ3v) is 3.33. The SMILES string of the molecule is CN(Cc1ccc(C(C)(C)C)cc1)C(=O)c1cn[nH]c1. The van der Waals surface area contributed by atoms with Gasteiger partial charge in [-0.25, -0.2) is 0 Å². The zero-order valence-electron chi connectivity index (χ0n) is 12.5. The number of amides is 1. The lowest BCUT2D eigenvalue weighted by Gasteiger charge is -2.20. The summed E-state index contributed by atoms with van der Waals surface area (Å²) in [6, 6.07) is 8.43. The normalized spacial score (nSPS) is 11.4. The van der Waals surface area contributed by atoms with Crippen LogP contribution in [0, 0.1) is 0 Å². The Balaban J connectivity index is 2.05. The molecule has 1 amide bonds. The maximum atomic E-state index is 12.1. The summed E-state index contributed by atoms with van der Waals surface area (Å²) < 4.78 is 0. The standard InChI is InChI=1S/C16H21N3O/c1-16(2,3)14-7-5-12(6-8-14)11-19(4)15(20)13-9-17-18-10-13/h5-10H,11H2,1-4H3,(H,17,18). The summed E-state index contributed by atoms with van der Waals surface area (Å²) in [7, 11) is 1.80. The third-order valence-electron chi connectivity index (χ3n) is 3.33. The van der Waals surface area contributed by atoms with Gasteiger partial charge in [-0.2, -0.15) is 5.10 Å². The predicted molar refractivity (Wildman–Crippen MR) is 79.5 cm³/mol. The lowest BCUT2D eigenvalue weighted by molar-refractivity contribution is 0.0785. The van der Waals surface area contributed by atoms with Crippen molar-refractivity contribution in [3.05, 3.63) is 53.3 Å². The topological polar surface area (TPSA) is 49.0 Å². The highest BCUT2D eigenvalue weighted by molar-refractivity contribution is 5.93. The van der Waals surface area contributed by atoms with Crippen LogP contribution in [0.3, 0.4) is 0 Å². The predicted octanol–water partition coefficient (Wildman–Crippen LogP) is 2.98. The highest BCUT2D eigenvalue weighted by Gasteiger charge is 2.15. The number of nitrogens with one attached hydrogen (secondary N) is 1. The lowest BCUT2D eigenvalue weighted by atomic mass is 9.87. The average Bonchev–Trinajstić information content (AvgIpc) is 2.91. The quantitative estimate of drug-likeness (QED) is 0.933. The molecule has 0 aliphatic heterocycles. The molecule has 2 aromatic rings. The van der Waals surface area contributed by atoms with E-state index in [1.807, 2.05) is 0 Å². The van der Waals surface area contributed by atoms with Gasteiger partial charge in [0.15, 0.2) is 0 Å². The number of benzene rings is 1. The maximum Gasteiger partial charge on any atom is 0.257 e. The van der Waals surface area contributed by atoms with Crippen LogP contribution in [0.2, 0.25) is 0 Å². The number of hydrogen-bond donors (Lipinski definition) is 1. The van der Waals surface area contributed by atoms with Crippen molar-refractivity contribution in [3.8, 4) is 0 Å². The van der Waals surface area contributed by atoms with E-state index in [4.69, 9.17) is 0 Å². The van der Waals surface area contributed by atoms with E-state index in [-0.39, 0.29) is 11.3 Å². The number of H-pyrrole nitrogens is 1. The van der Waals surface area contributed by atoms with E-state index in [2.05, 4.69) is 55.2 Å². The Morgan fingerprint density at radius 1 is 1.25 bits per heavy atom. The van der Waals surface area contributed by atoms with Crippen molar-refractivity contribution in [2.24, 2.45) is 0 Å². The van der Waals surface area contributed by atoms with Gasteiger partial charge in [0, 0.05) is 19.8 Å². The van der Waals surface area contributed by atoms with Crippen LogP contribution in [-0.4, -0.2) is 28.1 Å². The number of carbonyl (C=O) groups excluding carboxylic acids is 1. The second kappa shape index (κ2) is 5.49. The van der Waals surface area contributed by atoms with Gasteiger partial charge in [0.1, 0.15) is 0 Å². The molecule has 0 bridgehead atoms. The molecule has 2 rings (SSSR count). The molecule has 0 atom stereocenters. The van der Waals surface area contributed by atoms with E-state index < -0.39 is 0 Å². The molecule has 0 aliphatic rings. The highest BCUT2D eigenvalue weighted by atomic mass is 16.2. The van der Waals surface area contributed by atoms with Gasteiger partial charge in [0.05, 0.1) is 11.8 Å². The van der Waals surface area contributed by atoms with Crippen molar-refractivity contribution >= 4 is 5.91 Å². The first-order valence-corrected chi connectivity index (χ1v) is 6.71. The van der Waals surface area contributed by atoms with E-state index in [9.17, 15) is 4.79 Å². The summed E-state index contributed by atoms with van der Waals surface area (Å²) in [5.41, 5.74) is 3.15. The smallest absolute Gasteiger partial charge is 0.257 e. The fraction of sp³-hybridized carbons (Fsp3) is 0.375. The highest BCUT2D eigenvalue weighted by Crippen LogP contribution is 2.22. The Morgan fingerprint density at radius 2 is 1.90 bits per heavy atom. The number of hydrogen-bond acceptors (Lipinski definition) is 2. The molecule has 1 aromatic heterocycles. The van der Waals surface area contributed by atoms with Crippen LogP contribution in [0.1, 0.15) is 42.3 Å². The van der Waals surface area contributed by atoms with Crippen LogP contribution in [0.5, 0.6) is 0 Å². The minimum absolute atomic E-state index is 0.0290. The molecule has 4 heteroatoms. The van der Waals surface area contributed by atoms with Crippen LogP contribution in [0.15, 0.2) is 36.7 Å². The van der Waals surface area contributed by atoms with E-state index >= 15 is 0 Å². The first kappa shape index (κ1) is 14.3. The van der Waals surface area contributed by atoms with Crippen molar-refractivity contribution < 1.29 is 4.79 Å². The van der Waals surface area contributed by atoms with Gasteiger partial charge >= 0.3 is 0 Å². The van der Waals surface area contributed by atoms with Crippen molar-refractivity contribution in [3.63, 3.8) is 0 Å². The zero-order chi connectivity index (χ0) is 14.8. The molecule has 0 fully saturated rings. The average molecular weight is 271 g/mol. The van der Waals surface area contributed by atoms with E-state index in [0.717, 1.165) is 5.56 Å². The lowest BCUT2D eigenvalue weighted by Crippen LogP contribution is -2.25. The molecule has 0 unspecified atom stereocenters. The Hall–Kier alpha value is -2.10. The Labute approximate surface area is 119 Å². The van der Waals surface area contributed by atoms with Gasteiger partial charge in [-0.05, 0) is 16.5 Å². The van der Waals surface area contributed by atoms with Crippen molar-refractivity contribution in [1.29, 1.82) is 0 Å². The van der Waals surface area contributed by atoms with Crippen LogP contribution < -0.4 is 0 Å². The zero-order valence-corrected chi connectivity index (χ0v) is 12.5. The molecule has 0 saturated carbocycles. The summed E-state index contributed by atoms with van der Waals surface area (Å²) in [4.78, 5) is 13.8. The van der Waals surface area contributed by atoms with E-state index in [1.54, 1.807) is 24.3 Å². The van der Waals surface area contributed by atoms with Crippen LogP contribution >= 0.6 is 0 Å². The van der Waals surface area contributed by atoms with E-state index in [0.29, 0.717) is 12.1 Å². The van der Waals surface area contributed by atoms with Gasteiger partial charge < -0.3 is 4.90 Å². The molecular formula is C16H21N3O. The van der Waals surface area contributed by atoms with Crippen molar-refractivity contribution in [2.45, 2.75) is 32.7 Å². The van der Waals surface area contributed by atoms with Gasteiger partial charge in [-0.3, -0.25) is 9.89 Å². The molecule has 1 aromatic carbocycles. The van der Waals surface area contributed by atoms with Gasteiger partial charge in [0.25, 0.3) is 5.91 Å². The fourth-order valence-electron chi connectivity index (χ4n) is 2.04. The Morgan fingerprint density at radius 3 is 2.40 bits per heavy atom. The van der Waals surface area contributed by atoms with Crippen molar-refractivity contribution in [1.82, 2.24) is 15.1 Å². The van der Waals surface area contributed by atoms with Crippen molar-refractivity contribution in [2.75, 3.05) is 7.05 Å².